The van der Waals surface area contributed by atoms with Gasteiger partial charge in [-0.05, 0) is 30.3 Å². The number of sulfonamides is 1. The van der Waals surface area contributed by atoms with Gasteiger partial charge >= 0.3 is 0 Å². The molecule has 1 heterocycles. The van der Waals surface area contributed by atoms with Crippen LogP contribution in [-0.2, 0) is 10.0 Å². The predicted molar refractivity (Wildman–Crippen MR) is 71.5 cm³/mol. The number of hydrogen-bond acceptors (Lipinski definition) is 3. The number of aromatic nitrogens is 1. The average molecular weight is 303 g/mol. The third-order valence-electron chi connectivity index (χ3n) is 2.12. The number of hydrogen-bond donors (Lipinski definition) is 1. The molecule has 0 spiro atoms. The molecule has 0 amide bonds. The summed E-state index contributed by atoms with van der Waals surface area (Å²) in [5.74, 6) is 0. The van der Waals surface area contributed by atoms with Gasteiger partial charge in [-0.25, -0.2) is 8.42 Å². The van der Waals surface area contributed by atoms with Gasteiger partial charge in [-0.15, -0.1) is 0 Å². The van der Waals surface area contributed by atoms with E-state index in [1.165, 1.54) is 18.5 Å². The first-order valence-corrected chi connectivity index (χ1v) is 7.11. The number of pyridine rings is 1. The van der Waals surface area contributed by atoms with Crippen molar-refractivity contribution in [1.82, 2.24) is 4.98 Å². The minimum atomic E-state index is -3.74. The van der Waals surface area contributed by atoms with Gasteiger partial charge in [0.1, 0.15) is 4.90 Å². The Hall–Kier alpha value is -1.30. The van der Waals surface area contributed by atoms with Crippen LogP contribution in [0.4, 0.5) is 5.69 Å². The molecule has 0 fully saturated rings. The topological polar surface area (TPSA) is 59.1 Å². The molecule has 1 N–H and O–H groups in total. The lowest BCUT2D eigenvalue weighted by Crippen LogP contribution is -2.13. The van der Waals surface area contributed by atoms with Gasteiger partial charge in [0, 0.05) is 23.1 Å². The number of anilines is 1. The summed E-state index contributed by atoms with van der Waals surface area (Å²) in [5, 5.41) is 0.642. The van der Waals surface area contributed by atoms with Crippen LogP contribution >= 0.6 is 23.2 Å². The molecule has 94 valence electrons. The van der Waals surface area contributed by atoms with Crippen molar-refractivity contribution in [2.75, 3.05) is 4.72 Å². The van der Waals surface area contributed by atoms with E-state index in [1.54, 1.807) is 24.3 Å². The van der Waals surface area contributed by atoms with Crippen LogP contribution in [0, 0.1) is 0 Å². The summed E-state index contributed by atoms with van der Waals surface area (Å²) >= 11 is 11.5. The maximum atomic E-state index is 12.0. The number of halogens is 2. The Balaban J connectivity index is 2.33. The molecule has 18 heavy (non-hydrogen) atoms. The highest BCUT2D eigenvalue weighted by Gasteiger charge is 2.17. The lowest BCUT2D eigenvalue weighted by molar-refractivity contribution is 0.601. The van der Waals surface area contributed by atoms with Gasteiger partial charge in [0.15, 0.2) is 0 Å². The Morgan fingerprint density at radius 1 is 1.06 bits per heavy atom. The predicted octanol–water partition coefficient (Wildman–Crippen LogP) is 3.19. The van der Waals surface area contributed by atoms with Crippen LogP contribution in [0.15, 0.2) is 47.6 Å². The fourth-order valence-electron chi connectivity index (χ4n) is 1.29. The van der Waals surface area contributed by atoms with Crippen molar-refractivity contribution in [3.63, 3.8) is 0 Å². The van der Waals surface area contributed by atoms with Crippen LogP contribution in [0.3, 0.4) is 0 Å². The van der Waals surface area contributed by atoms with E-state index < -0.39 is 10.0 Å². The first-order chi connectivity index (χ1) is 8.49. The summed E-state index contributed by atoms with van der Waals surface area (Å²) in [6.07, 6.45) is 2.62. The maximum absolute atomic E-state index is 12.0. The number of rotatable bonds is 3. The summed E-state index contributed by atoms with van der Waals surface area (Å²) in [7, 11) is -3.74. The number of nitrogens with zero attached hydrogens (tertiary/aromatic N) is 1. The van der Waals surface area contributed by atoms with Crippen LogP contribution in [0.25, 0.3) is 0 Å². The Bertz CT molecular complexity index is 657. The van der Waals surface area contributed by atoms with Crippen molar-refractivity contribution in [2.24, 2.45) is 0 Å². The zero-order valence-electron chi connectivity index (χ0n) is 8.97. The van der Waals surface area contributed by atoms with Gasteiger partial charge in [0.05, 0.1) is 5.02 Å². The number of nitrogens with one attached hydrogen (secondary N) is 1. The van der Waals surface area contributed by atoms with Crippen molar-refractivity contribution in [2.45, 2.75) is 4.90 Å². The summed E-state index contributed by atoms with van der Waals surface area (Å²) < 4.78 is 26.5. The molecular weight excluding hydrogens is 295 g/mol. The van der Waals surface area contributed by atoms with E-state index in [0.717, 1.165) is 0 Å². The molecule has 0 saturated carbocycles. The second kappa shape index (κ2) is 5.14. The highest BCUT2D eigenvalue weighted by atomic mass is 35.5. The molecule has 1 aromatic carbocycles. The monoisotopic (exact) mass is 302 g/mol. The largest absolute Gasteiger partial charge is 0.280 e. The quantitative estimate of drug-likeness (QED) is 0.947. The summed E-state index contributed by atoms with van der Waals surface area (Å²) in [4.78, 5) is 3.67. The van der Waals surface area contributed by atoms with Crippen molar-refractivity contribution in [3.8, 4) is 0 Å². The zero-order chi connectivity index (χ0) is 13.2. The van der Waals surface area contributed by atoms with Crippen LogP contribution in [0.5, 0.6) is 0 Å². The van der Waals surface area contributed by atoms with Crippen LogP contribution < -0.4 is 4.72 Å². The van der Waals surface area contributed by atoms with Crippen LogP contribution in [0.2, 0.25) is 10.0 Å². The van der Waals surface area contributed by atoms with Crippen LogP contribution in [0.1, 0.15) is 0 Å². The van der Waals surface area contributed by atoms with E-state index in [2.05, 4.69) is 9.71 Å². The Labute approximate surface area is 115 Å². The highest BCUT2D eigenvalue weighted by Crippen LogP contribution is 2.23. The Kier molecular flexibility index (Phi) is 3.75. The van der Waals surface area contributed by atoms with E-state index in [0.29, 0.717) is 10.7 Å². The average Bonchev–Trinajstić information content (AvgIpc) is 2.32. The maximum Gasteiger partial charge on any atom is 0.264 e. The van der Waals surface area contributed by atoms with Gasteiger partial charge in [-0.1, -0.05) is 23.2 Å². The summed E-state index contributed by atoms with van der Waals surface area (Å²) in [6.45, 7) is 0. The van der Waals surface area contributed by atoms with E-state index in [9.17, 15) is 8.42 Å². The molecular formula is C11H8Cl2N2O2S. The van der Waals surface area contributed by atoms with Gasteiger partial charge in [0.2, 0.25) is 0 Å². The van der Waals surface area contributed by atoms with Gasteiger partial charge in [0.25, 0.3) is 10.0 Å². The smallest absolute Gasteiger partial charge is 0.264 e. The van der Waals surface area contributed by atoms with E-state index >= 15 is 0 Å². The van der Waals surface area contributed by atoms with Gasteiger partial charge in [-0.3, -0.25) is 9.71 Å². The zero-order valence-corrected chi connectivity index (χ0v) is 11.3. The first-order valence-electron chi connectivity index (χ1n) is 4.87. The number of benzene rings is 1. The molecule has 4 nitrogen and oxygen atoms in total. The summed E-state index contributed by atoms with van der Waals surface area (Å²) in [5.41, 5.74) is 0.402. The molecule has 2 aromatic rings. The lowest BCUT2D eigenvalue weighted by atomic mass is 10.3. The van der Waals surface area contributed by atoms with Gasteiger partial charge < -0.3 is 0 Å². The second-order valence-electron chi connectivity index (χ2n) is 3.42. The lowest BCUT2D eigenvalue weighted by Gasteiger charge is -2.08. The SMILES string of the molecule is O=S(=O)(Nc1ccc(Cl)cc1)c1cnccc1Cl. The molecule has 0 radical (unpaired) electrons. The van der Waals surface area contributed by atoms with Crippen molar-refractivity contribution in [1.29, 1.82) is 0 Å². The second-order valence-corrected chi connectivity index (χ2v) is 5.91. The molecule has 0 saturated heterocycles. The molecule has 2 rings (SSSR count). The third kappa shape index (κ3) is 2.93. The molecule has 0 bridgehead atoms. The minimum absolute atomic E-state index is 0.0679. The minimum Gasteiger partial charge on any atom is -0.280 e. The van der Waals surface area contributed by atoms with E-state index in [4.69, 9.17) is 23.2 Å². The molecule has 7 heteroatoms. The summed E-state index contributed by atoms with van der Waals surface area (Å²) in [6, 6.07) is 7.71. The van der Waals surface area contributed by atoms with Crippen molar-refractivity contribution >= 4 is 38.9 Å². The molecule has 0 unspecified atom stereocenters. The highest BCUT2D eigenvalue weighted by molar-refractivity contribution is 7.92. The fourth-order valence-corrected chi connectivity index (χ4v) is 2.91. The van der Waals surface area contributed by atoms with Gasteiger partial charge in [-0.2, -0.15) is 0 Å². The molecule has 0 aliphatic carbocycles. The van der Waals surface area contributed by atoms with Crippen molar-refractivity contribution in [3.05, 3.63) is 52.8 Å². The van der Waals surface area contributed by atoms with E-state index in [-0.39, 0.29) is 9.92 Å². The molecule has 0 aliphatic heterocycles. The molecule has 0 aliphatic rings. The van der Waals surface area contributed by atoms with E-state index in [1.807, 2.05) is 0 Å². The van der Waals surface area contributed by atoms with Crippen molar-refractivity contribution < 1.29 is 8.42 Å². The first kappa shape index (κ1) is 13.1. The standard InChI is InChI=1S/C11H8Cl2N2O2S/c12-8-1-3-9(4-2-8)15-18(16,17)11-7-14-6-5-10(11)13/h1-7,15H. The fraction of sp³-hybridized carbons (Fsp3) is 0. The normalized spacial score (nSPS) is 11.2. The Morgan fingerprint density at radius 2 is 1.72 bits per heavy atom. The molecule has 0 atom stereocenters. The van der Waals surface area contributed by atoms with Crippen LogP contribution in [-0.4, -0.2) is 13.4 Å². The Morgan fingerprint density at radius 3 is 2.33 bits per heavy atom. The molecule has 1 aromatic heterocycles. The third-order valence-corrected chi connectivity index (χ3v) is 4.22.